The van der Waals surface area contributed by atoms with E-state index in [1.54, 1.807) is 154 Å². The predicted octanol–water partition coefficient (Wildman–Crippen LogP) is 23.2. The highest BCUT2D eigenvalue weighted by Crippen LogP contribution is 2.46. The third kappa shape index (κ3) is 21.8. The monoisotopic (exact) mass is 945 g/mol. The Kier molecular flexibility index (Phi) is 29.9. The second kappa shape index (κ2) is 34.5. The molecule has 0 atom stereocenters. The molecular formula is C68H128. The first-order chi connectivity index (χ1) is 33.2. The minimum atomic E-state index is 1.02. The van der Waals surface area contributed by atoms with E-state index in [2.05, 4.69) is 55.4 Å². The summed E-state index contributed by atoms with van der Waals surface area (Å²) in [5.41, 5.74) is 0. The van der Waals surface area contributed by atoms with E-state index in [1.165, 1.54) is 128 Å². The molecule has 0 unspecified atom stereocenters. The van der Waals surface area contributed by atoms with Gasteiger partial charge < -0.3 is 0 Å². The van der Waals surface area contributed by atoms with Crippen LogP contribution < -0.4 is 0 Å². The standard InChI is InChI=1S/C20H38.C19H36.C15H28.C14H26/c1-3-5-6-8-18-11-15-20(16-12-18)19-13-9-17(7-4-2)10-14-19;1-3-5-7-17-10-14-19(15-11-17)18-12-8-16(6-4-2)9-13-18;1-3-13-6-10-15(11-7-13)14-8-4-12(2)5-9-14;1-11-3-7-13(8-4-11)14-9-5-12(2)6-10-14/h17-20H,3-16H2,1-2H3;16-19H,3-15H2,1-2H3;12-15H,3-11H2,1-2H3;11-14H,3-10H2,1-2H3. The molecule has 8 rings (SSSR count). The first-order valence-electron chi connectivity index (χ1n) is 33.2. The van der Waals surface area contributed by atoms with Crippen molar-refractivity contribution in [3.63, 3.8) is 0 Å². The number of hydrogen-bond acceptors (Lipinski definition) is 0. The van der Waals surface area contributed by atoms with Gasteiger partial charge in [-0.2, -0.15) is 0 Å². The summed E-state index contributed by atoms with van der Waals surface area (Å²) in [6.07, 6.45) is 66.9. The molecule has 8 fully saturated rings. The van der Waals surface area contributed by atoms with Crippen LogP contribution in [0.2, 0.25) is 0 Å². The molecule has 0 heteroatoms. The summed E-state index contributed by atoms with van der Waals surface area (Å²) < 4.78 is 0. The Morgan fingerprint density at radius 2 is 0.426 bits per heavy atom. The Hall–Kier alpha value is 0. The lowest BCUT2D eigenvalue weighted by molar-refractivity contribution is 0.140. The summed E-state index contributed by atoms with van der Waals surface area (Å²) in [4.78, 5) is 0. The highest BCUT2D eigenvalue weighted by atomic mass is 14.4. The second-order valence-corrected chi connectivity index (χ2v) is 27.6. The van der Waals surface area contributed by atoms with Crippen LogP contribution in [-0.2, 0) is 0 Å². The SMILES string of the molecule is CC1CCC(C2CCC(C)CC2)CC1.CCC1CCC(C2CCC(C)CC2)CC1.CCCCC1CCC(C2CCC(CCC)CC2)CC1.CCCCCC1CCC(C2CCC(CCC)CC2)CC1. The van der Waals surface area contributed by atoms with Crippen molar-refractivity contribution < 1.29 is 0 Å². The molecule has 0 amide bonds. The number of rotatable bonds is 16. The normalized spacial score (nSPS) is 39.2. The van der Waals surface area contributed by atoms with Crippen molar-refractivity contribution in [2.75, 3.05) is 0 Å². The van der Waals surface area contributed by atoms with E-state index in [-0.39, 0.29) is 0 Å². The molecule has 0 spiro atoms. The van der Waals surface area contributed by atoms with Crippen LogP contribution in [0.4, 0.5) is 0 Å². The van der Waals surface area contributed by atoms with Gasteiger partial charge in [-0.25, -0.2) is 0 Å². The Labute approximate surface area is 430 Å². The van der Waals surface area contributed by atoms with Gasteiger partial charge in [0.05, 0.1) is 0 Å². The lowest BCUT2D eigenvalue weighted by Crippen LogP contribution is -2.25. The molecule has 0 heterocycles. The lowest BCUT2D eigenvalue weighted by Gasteiger charge is -2.38. The van der Waals surface area contributed by atoms with Gasteiger partial charge in [0, 0.05) is 0 Å². The van der Waals surface area contributed by atoms with Crippen LogP contribution in [0.1, 0.15) is 338 Å². The summed E-state index contributed by atoms with van der Waals surface area (Å²) in [6, 6.07) is 0. The Morgan fingerprint density at radius 1 is 0.206 bits per heavy atom. The molecule has 0 aromatic carbocycles. The maximum atomic E-state index is 2.43. The molecule has 8 aliphatic rings. The predicted molar refractivity (Wildman–Crippen MR) is 304 cm³/mol. The summed E-state index contributed by atoms with van der Waals surface area (Å²) in [7, 11) is 0. The van der Waals surface area contributed by atoms with Gasteiger partial charge in [-0.1, -0.05) is 235 Å². The fourth-order valence-corrected chi connectivity index (χ4v) is 17.1. The average molecular weight is 946 g/mol. The molecule has 400 valence electrons. The topological polar surface area (TPSA) is 0 Å². The van der Waals surface area contributed by atoms with Gasteiger partial charge >= 0.3 is 0 Å². The molecule has 0 nitrogen and oxygen atoms in total. The van der Waals surface area contributed by atoms with E-state index in [1.807, 2.05) is 0 Å². The molecule has 8 saturated carbocycles. The fraction of sp³-hybridized carbons (Fsp3) is 1.00. The molecule has 0 aromatic rings. The van der Waals surface area contributed by atoms with Crippen molar-refractivity contribution >= 4 is 0 Å². The quantitative estimate of drug-likeness (QED) is 0.135. The van der Waals surface area contributed by atoms with Crippen molar-refractivity contribution in [2.24, 2.45) is 94.7 Å². The van der Waals surface area contributed by atoms with Gasteiger partial charge in [-0.15, -0.1) is 0 Å². The maximum Gasteiger partial charge on any atom is -0.0386 e. The molecule has 8 aliphatic carbocycles. The van der Waals surface area contributed by atoms with Gasteiger partial charge in [0.15, 0.2) is 0 Å². The van der Waals surface area contributed by atoms with Crippen LogP contribution >= 0.6 is 0 Å². The summed E-state index contributed by atoms with van der Waals surface area (Å²) in [5.74, 6) is 17.4. The third-order valence-electron chi connectivity index (χ3n) is 22.5. The Balaban J connectivity index is 0.000000171. The first-order valence-corrected chi connectivity index (χ1v) is 33.2. The van der Waals surface area contributed by atoms with Crippen molar-refractivity contribution in [3.8, 4) is 0 Å². The first kappa shape index (κ1) is 58.9. The van der Waals surface area contributed by atoms with E-state index in [0.717, 1.165) is 94.7 Å². The molecule has 68 heavy (non-hydrogen) atoms. The summed E-state index contributed by atoms with van der Waals surface area (Å²) >= 11 is 0. The number of hydrogen-bond donors (Lipinski definition) is 0. The van der Waals surface area contributed by atoms with Crippen molar-refractivity contribution in [3.05, 3.63) is 0 Å². The summed E-state index contributed by atoms with van der Waals surface area (Å²) in [6.45, 7) is 19.0. The zero-order valence-electron chi connectivity index (χ0n) is 48.4. The fourth-order valence-electron chi connectivity index (χ4n) is 17.1. The molecule has 0 aromatic heterocycles. The van der Waals surface area contributed by atoms with E-state index in [9.17, 15) is 0 Å². The number of unbranched alkanes of at least 4 members (excludes halogenated alkanes) is 3. The zero-order valence-corrected chi connectivity index (χ0v) is 48.4. The molecule has 0 radical (unpaired) electrons. The van der Waals surface area contributed by atoms with Gasteiger partial charge in [0.25, 0.3) is 0 Å². The van der Waals surface area contributed by atoms with Crippen molar-refractivity contribution in [1.82, 2.24) is 0 Å². The van der Waals surface area contributed by atoms with Gasteiger partial charge in [-0.3, -0.25) is 0 Å². The average Bonchev–Trinajstić information content (AvgIpc) is 3.38. The minimum Gasteiger partial charge on any atom is -0.0654 e. The van der Waals surface area contributed by atoms with E-state index in [0.29, 0.717) is 0 Å². The molecular weight excluding hydrogens is 817 g/mol. The van der Waals surface area contributed by atoms with Gasteiger partial charge in [0.1, 0.15) is 0 Å². The summed E-state index contributed by atoms with van der Waals surface area (Å²) in [5, 5.41) is 0. The van der Waals surface area contributed by atoms with Crippen LogP contribution in [0.25, 0.3) is 0 Å². The minimum absolute atomic E-state index is 1.02. The Morgan fingerprint density at radius 3 is 0.662 bits per heavy atom. The smallest absolute Gasteiger partial charge is 0.0386 e. The largest absolute Gasteiger partial charge is 0.0654 e. The van der Waals surface area contributed by atoms with Crippen LogP contribution in [0, 0.1) is 94.7 Å². The van der Waals surface area contributed by atoms with E-state index in [4.69, 9.17) is 0 Å². The van der Waals surface area contributed by atoms with Crippen molar-refractivity contribution in [2.45, 2.75) is 338 Å². The second-order valence-electron chi connectivity index (χ2n) is 27.6. The lowest BCUT2D eigenvalue weighted by atomic mass is 9.68. The maximum absolute atomic E-state index is 2.43. The van der Waals surface area contributed by atoms with Gasteiger partial charge in [-0.05, 0) is 197 Å². The van der Waals surface area contributed by atoms with E-state index >= 15 is 0 Å². The zero-order chi connectivity index (χ0) is 48.4. The van der Waals surface area contributed by atoms with E-state index < -0.39 is 0 Å². The molecule has 0 N–H and O–H groups in total. The highest BCUT2D eigenvalue weighted by Gasteiger charge is 2.33. The molecule has 0 aliphatic heterocycles. The van der Waals surface area contributed by atoms with Crippen LogP contribution in [0.3, 0.4) is 0 Å². The Bertz CT molecular complexity index is 1120. The highest BCUT2D eigenvalue weighted by molar-refractivity contribution is 4.85. The van der Waals surface area contributed by atoms with Crippen LogP contribution in [-0.4, -0.2) is 0 Å². The van der Waals surface area contributed by atoms with Crippen molar-refractivity contribution in [1.29, 1.82) is 0 Å². The third-order valence-corrected chi connectivity index (χ3v) is 22.5. The van der Waals surface area contributed by atoms with Gasteiger partial charge in [0.2, 0.25) is 0 Å². The van der Waals surface area contributed by atoms with Crippen LogP contribution in [0.15, 0.2) is 0 Å². The van der Waals surface area contributed by atoms with Crippen LogP contribution in [0.5, 0.6) is 0 Å². The molecule has 0 saturated heterocycles. The molecule has 0 bridgehead atoms.